The van der Waals surface area contributed by atoms with E-state index >= 15 is 0 Å². The summed E-state index contributed by atoms with van der Waals surface area (Å²) in [5.74, 6) is -0.521. The number of halogens is 1. The Morgan fingerprint density at radius 1 is 1.56 bits per heavy atom. The molecule has 16 heavy (non-hydrogen) atoms. The van der Waals surface area contributed by atoms with E-state index < -0.39 is 12.1 Å². The van der Waals surface area contributed by atoms with Crippen LogP contribution < -0.4 is 4.74 Å². The van der Waals surface area contributed by atoms with Crippen molar-refractivity contribution < 1.29 is 19.7 Å². The molecule has 0 bridgehead atoms. The lowest BCUT2D eigenvalue weighted by atomic mass is 10.2. The van der Waals surface area contributed by atoms with Crippen LogP contribution in [0.1, 0.15) is 18.9 Å². The number of hydrogen-bond donors (Lipinski definition) is 2. The molecule has 0 amide bonds. The Kier molecular flexibility index (Phi) is 4.76. The molecule has 0 spiro atoms. The SMILES string of the molecule is CCC(Oc1ccc(CO)cc1Br)C(=O)O. The summed E-state index contributed by atoms with van der Waals surface area (Å²) < 4.78 is 5.97. The van der Waals surface area contributed by atoms with Crippen molar-refractivity contribution in [3.05, 3.63) is 28.2 Å². The van der Waals surface area contributed by atoms with Crippen LogP contribution >= 0.6 is 15.9 Å². The summed E-state index contributed by atoms with van der Waals surface area (Å²) in [6.45, 7) is 1.68. The molecule has 0 aliphatic carbocycles. The standard InChI is InChI=1S/C11H13BrO4/c1-2-9(11(14)15)16-10-4-3-7(6-13)5-8(10)12/h3-5,9,13H,2,6H2,1H3,(H,14,15). The molecule has 1 aromatic carbocycles. The molecule has 0 heterocycles. The van der Waals surface area contributed by atoms with E-state index in [1.807, 2.05) is 0 Å². The summed E-state index contributed by atoms with van der Waals surface area (Å²) in [6.07, 6.45) is -0.458. The van der Waals surface area contributed by atoms with Gasteiger partial charge in [-0.25, -0.2) is 4.79 Å². The first-order valence-electron chi connectivity index (χ1n) is 4.87. The molecule has 0 radical (unpaired) electrons. The van der Waals surface area contributed by atoms with E-state index in [1.165, 1.54) is 0 Å². The van der Waals surface area contributed by atoms with Crippen LogP contribution in [-0.2, 0) is 11.4 Å². The fourth-order valence-corrected chi connectivity index (χ4v) is 1.72. The van der Waals surface area contributed by atoms with Gasteiger partial charge in [-0.2, -0.15) is 0 Å². The quantitative estimate of drug-likeness (QED) is 0.872. The lowest BCUT2D eigenvalue weighted by Crippen LogP contribution is -2.26. The van der Waals surface area contributed by atoms with Crippen LogP contribution in [0.4, 0.5) is 0 Å². The summed E-state index contributed by atoms with van der Waals surface area (Å²) in [6, 6.07) is 5.03. The third-order valence-corrected chi connectivity index (χ3v) is 2.71. The van der Waals surface area contributed by atoms with E-state index in [0.29, 0.717) is 16.6 Å². The van der Waals surface area contributed by atoms with Crippen molar-refractivity contribution in [2.24, 2.45) is 0 Å². The van der Waals surface area contributed by atoms with Crippen molar-refractivity contribution in [2.45, 2.75) is 26.1 Å². The van der Waals surface area contributed by atoms with E-state index in [2.05, 4.69) is 15.9 Å². The molecule has 4 nitrogen and oxygen atoms in total. The van der Waals surface area contributed by atoms with Crippen LogP contribution in [0, 0.1) is 0 Å². The number of carboxylic acid groups (broad SMARTS) is 1. The minimum atomic E-state index is -0.986. The Morgan fingerprint density at radius 3 is 2.69 bits per heavy atom. The summed E-state index contributed by atoms with van der Waals surface area (Å²) in [5.41, 5.74) is 0.739. The first kappa shape index (κ1) is 13.0. The van der Waals surface area contributed by atoms with Gasteiger partial charge in [0.15, 0.2) is 6.10 Å². The van der Waals surface area contributed by atoms with Gasteiger partial charge in [0, 0.05) is 0 Å². The number of carboxylic acids is 1. The fraction of sp³-hybridized carbons (Fsp3) is 0.364. The van der Waals surface area contributed by atoms with Crippen LogP contribution in [0.2, 0.25) is 0 Å². The normalized spacial score (nSPS) is 12.2. The van der Waals surface area contributed by atoms with Crippen LogP contribution in [0.15, 0.2) is 22.7 Å². The molecular weight excluding hydrogens is 276 g/mol. The average Bonchev–Trinajstić information content (AvgIpc) is 2.26. The Hall–Kier alpha value is -1.07. The summed E-state index contributed by atoms with van der Waals surface area (Å²) in [4.78, 5) is 10.8. The van der Waals surface area contributed by atoms with Crippen molar-refractivity contribution in [1.29, 1.82) is 0 Å². The van der Waals surface area contributed by atoms with Gasteiger partial charge in [-0.1, -0.05) is 13.0 Å². The first-order chi connectivity index (χ1) is 7.58. The number of benzene rings is 1. The Morgan fingerprint density at radius 2 is 2.25 bits per heavy atom. The lowest BCUT2D eigenvalue weighted by molar-refractivity contribution is -0.145. The van der Waals surface area contributed by atoms with Crippen LogP contribution in [0.25, 0.3) is 0 Å². The highest BCUT2D eigenvalue weighted by atomic mass is 79.9. The van der Waals surface area contributed by atoms with Gasteiger partial charge in [0.1, 0.15) is 5.75 Å². The Bertz CT molecular complexity index is 378. The summed E-state index contributed by atoms with van der Waals surface area (Å²) >= 11 is 3.27. The van der Waals surface area contributed by atoms with Crippen molar-refractivity contribution in [2.75, 3.05) is 0 Å². The number of aliphatic hydroxyl groups is 1. The number of aliphatic hydroxyl groups excluding tert-OH is 1. The summed E-state index contributed by atoms with van der Waals surface area (Å²) in [7, 11) is 0. The third kappa shape index (κ3) is 3.21. The zero-order valence-corrected chi connectivity index (χ0v) is 10.4. The fourth-order valence-electron chi connectivity index (χ4n) is 1.20. The number of rotatable bonds is 5. The van der Waals surface area contributed by atoms with Crippen LogP contribution in [0.3, 0.4) is 0 Å². The van der Waals surface area contributed by atoms with Gasteiger partial charge in [0.2, 0.25) is 0 Å². The predicted octanol–water partition coefficient (Wildman–Crippen LogP) is 2.18. The van der Waals surface area contributed by atoms with Gasteiger partial charge < -0.3 is 14.9 Å². The number of hydrogen-bond acceptors (Lipinski definition) is 3. The molecule has 1 rings (SSSR count). The van der Waals surface area contributed by atoms with E-state index in [0.717, 1.165) is 5.56 Å². The van der Waals surface area contributed by atoms with Gasteiger partial charge >= 0.3 is 5.97 Å². The van der Waals surface area contributed by atoms with Crippen molar-refractivity contribution in [3.8, 4) is 5.75 Å². The van der Waals surface area contributed by atoms with Gasteiger partial charge in [-0.05, 0) is 40.0 Å². The highest BCUT2D eigenvalue weighted by Crippen LogP contribution is 2.27. The number of aliphatic carboxylic acids is 1. The Balaban J connectivity index is 2.84. The van der Waals surface area contributed by atoms with Crippen LogP contribution in [0.5, 0.6) is 5.75 Å². The molecule has 0 saturated heterocycles. The van der Waals surface area contributed by atoms with E-state index in [4.69, 9.17) is 14.9 Å². The molecule has 1 atom stereocenters. The zero-order valence-electron chi connectivity index (χ0n) is 8.81. The molecule has 0 saturated carbocycles. The predicted molar refractivity (Wildman–Crippen MR) is 62.4 cm³/mol. The molecule has 0 aromatic heterocycles. The minimum Gasteiger partial charge on any atom is -0.479 e. The maximum Gasteiger partial charge on any atom is 0.344 e. The smallest absolute Gasteiger partial charge is 0.344 e. The molecule has 1 unspecified atom stereocenters. The van der Waals surface area contributed by atoms with Gasteiger partial charge in [-0.3, -0.25) is 0 Å². The molecule has 0 fully saturated rings. The average molecular weight is 289 g/mol. The lowest BCUT2D eigenvalue weighted by Gasteiger charge is -2.14. The number of carbonyl (C=O) groups is 1. The topological polar surface area (TPSA) is 66.8 Å². The molecule has 2 N–H and O–H groups in total. The van der Waals surface area contributed by atoms with Crippen molar-refractivity contribution in [3.63, 3.8) is 0 Å². The molecule has 0 aliphatic heterocycles. The second kappa shape index (κ2) is 5.86. The monoisotopic (exact) mass is 288 g/mol. The zero-order chi connectivity index (χ0) is 12.1. The van der Waals surface area contributed by atoms with E-state index in [1.54, 1.807) is 25.1 Å². The van der Waals surface area contributed by atoms with Crippen LogP contribution in [-0.4, -0.2) is 22.3 Å². The van der Waals surface area contributed by atoms with Gasteiger partial charge in [0.25, 0.3) is 0 Å². The summed E-state index contributed by atoms with van der Waals surface area (Å²) in [5, 5.41) is 17.8. The van der Waals surface area contributed by atoms with Gasteiger partial charge in [-0.15, -0.1) is 0 Å². The maximum atomic E-state index is 10.8. The van der Waals surface area contributed by atoms with Crippen molar-refractivity contribution >= 4 is 21.9 Å². The van der Waals surface area contributed by atoms with E-state index in [9.17, 15) is 4.79 Å². The largest absolute Gasteiger partial charge is 0.479 e. The molecule has 1 aromatic rings. The first-order valence-corrected chi connectivity index (χ1v) is 5.66. The minimum absolute atomic E-state index is 0.0605. The van der Waals surface area contributed by atoms with E-state index in [-0.39, 0.29) is 6.61 Å². The second-order valence-corrected chi connectivity index (χ2v) is 4.13. The Labute approximate surface area is 102 Å². The van der Waals surface area contributed by atoms with Gasteiger partial charge in [0.05, 0.1) is 11.1 Å². The number of ether oxygens (including phenoxy) is 1. The highest BCUT2D eigenvalue weighted by Gasteiger charge is 2.17. The second-order valence-electron chi connectivity index (χ2n) is 3.28. The molecule has 0 aliphatic rings. The third-order valence-electron chi connectivity index (χ3n) is 2.09. The van der Waals surface area contributed by atoms with Crippen molar-refractivity contribution in [1.82, 2.24) is 0 Å². The molecule has 88 valence electrons. The molecular formula is C11H13BrO4. The maximum absolute atomic E-state index is 10.8. The molecule has 5 heteroatoms. The highest BCUT2D eigenvalue weighted by molar-refractivity contribution is 9.10.